The number of amides is 1. The Morgan fingerprint density at radius 2 is 2.14 bits per heavy atom. The number of piperidine rings is 1. The lowest BCUT2D eigenvalue weighted by Crippen LogP contribution is -2.44. The second-order valence-electron chi connectivity index (χ2n) is 5.64. The van der Waals surface area contributed by atoms with E-state index in [1.807, 2.05) is 12.1 Å². The van der Waals surface area contributed by atoms with Gasteiger partial charge in [-0.1, -0.05) is 23.7 Å². The largest absolute Gasteiger partial charge is 0.355 e. The van der Waals surface area contributed by atoms with Crippen LogP contribution < -0.4 is 11.1 Å². The molecule has 1 amide bonds. The summed E-state index contributed by atoms with van der Waals surface area (Å²) in [6.45, 7) is 5.07. The van der Waals surface area contributed by atoms with Crippen LogP contribution in [-0.4, -0.2) is 37.0 Å². The molecule has 2 atom stereocenters. The van der Waals surface area contributed by atoms with Gasteiger partial charge in [0.05, 0.1) is 5.92 Å². The van der Waals surface area contributed by atoms with Gasteiger partial charge < -0.3 is 11.1 Å². The van der Waals surface area contributed by atoms with E-state index in [1.165, 1.54) is 5.56 Å². The van der Waals surface area contributed by atoms with Gasteiger partial charge in [-0.05, 0) is 44.0 Å². The lowest BCUT2D eigenvalue weighted by Gasteiger charge is -2.36. The average Bonchev–Trinajstić information content (AvgIpc) is 2.52. The Morgan fingerprint density at radius 3 is 2.77 bits per heavy atom. The van der Waals surface area contributed by atoms with Crippen LogP contribution in [0.5, 0.6) is 0 Å². The predicted octanol–water partition coefficient (Wildman–Crippen LogP) is 2.61. The van der Waals surface area contributed by atoms with Gasteiger partial charge in [0.25, 0.3) is 0 Å². The molecule has 0 spiro atoms. The van der Waals surface area contributed by atoms with Crippen molar-refractivity contribution in [1.82, 2.24) is 10.2 Å². The van der Waals surface area contributed by atoms with Crippen molar-refractivity contribution < 1.29 is 4.79 Å². The Labute approximate surface area is 143 Å². The smallest absolute Gasteiger partial charge is 0.224 e. The fourth-order valence-electron chi connectivity index (χ4n) is 2.86. The molecule has 0 aromatic heterocycles. The number of likely N-dealkylation sites (tertiary alicyclic amines) is 1. The van der Waals surface area contributed by atoms with E-state index >= 15 is 0 Å². The van der Waals surface area contributed by atoms with Crippen LogP contribution in [0.3, 0.4) is 0 Å². The second-order valence-corrected chi connectivity index (χ2v) is 6.08. The Morgan fingerprint density at radius 1 is 1.45 bits per heavy atom. The van der Waals surface area contributed by atoms with Crippen molar-refractivity contribution in [2.24, 2.45) is 11.7 Å². The highest BCUT2D eigenvalue weighted by atomic mass is 35.5. The number of rotatable bonds is 5. The molecule has 124 valence electrons. The van der Waals surface area contributed by atoms with E-state index in [2.05, 4.69) is 29.3 Å². The minimum Gasteiger partial charge on any atom is -0.355 e. The van der Waals surface area contributed by atoms with Crippen LogP contribution >= 0.6 is 24.0 Å². The first-order valence-electron chi connectivity index (χ1n) is 7.59. The van der Waals surface area contributed by atoms with Gasteiger partial charge in [-0.2, -0.15) is 0 Å². The monoisotopic (exact) mass is 345 g/mol. The number of carbonyl (C=O) groups is 1. The maximum Gasteiger partial charge on any atom is 0.224 e. The fourth-order valence-corrected chi connectivity index (χ4v) is 2.99. The van der Waals surface area contributed by atoms with Gasteiger partial charge in [-0.3, -0.25) is 9.69 Å². The van der Waals surface area contributed by atoms with Crippen LogP contribution in [0.2, 0.25) is 5.02 Å². The first-order valence-corrected chi connectivity index (χ1v) is 7.97. The van der Waals surface area contributed by atoms with Crippen LogP contribution in [0.25, 0.3) is 0 Å². The maximum absolute atomic E-state index is 12.1. The molecule has 1 saturated heterocycles. The van der Waals surface area contributed by atoms with Crippen molar-refractivity contribution in [2.45, 2.75) is 25.8 Å². The number of nitrogens with zero attached hydrogens (tertiary/aromatic N) is 1. The van der Waals surface area contributed by atoms with Crippen LogP contribution in [0, 0.1) is 5.92 Å². The molecular weight excluding hydrogens is 321 g/mol. The summed E-state index contributed by atoms with van der Waals surface area (Å²) in [5.41, 5.74) is 6.67. The van der Waals surface area contributed by atoms with Gasteiger partial charge in [-0.15, -0.1) is 12.4 Å². The van der Waals surface area contributed by atoms with E-state index in [-0.39, 0.29) is 24.2 Å². The average molecular weight is 346 g/mol. The van der Waals surface area contributed by atoms with E-state index in [0.717, 1.165) is 31.0 Å². The SMILES string of the molecule is CC(c1ccc(Cl)cc1)N1CCCC(C(=O)NCCN)C1.Cl. The number of halogens is 2. The zero-order valence-electron chi connectivity index (χ0n) is 12.9. The first kappa shape index (κ1) is 19.2. The lowest BCUT2D eigenvalue weighted by atomic mass is 9.94. The van der Waals surface area contributed by atoms with Crippen molar-refractivity contribution >= 4 is 29.9 Å². The van der Waals surface area contributed by atoms with E-state index in [0.29, 0.717) is 19.1 Å². The van der Waals surface area contributed by atoms with E-state index in [9.17, 15) is 4.79 Å². The first-order chi connectivity index (χ1) is 10.1. The van der Waals surface area contributed by atoms with Crippen molar-refractivity contribution in [3.8, 4) is 0 Å². The highest BCUT2D eigenvalue weighted by molar-refractivity contribution is 6.30. The molecule has 4 nitrogen and oxygen atoms in total. The van der Waals surface area contributed by atoms with Crippen molar-refractivity contribution in [3.05, 3.63) is 34.9 Å². The molecule has 22 heavy (non-hydrogen) atoms. The number of carbonyl (C=O) groups excluding carboxylic acids is 1. The molecule has 0 aliphatic carbocycles. The van der Waals surface area contributed by atoms with Crippen LogP contribution in [0.4, 0.5) is 0 Å². The molecule has 2 unspecified atom stereocenters. The van der Waals surface area contributed by atoms with Gasteiger partial charge in [0.2, 0.25) is 5.91 Å². The fraction of sp³-hybridized carbons (Fsp3) is 0.562. The molecular formula is C16H25Cl2N3O. The van der Waals surface area contributed by atoms with E-state index in [4.69, 9.17) is 17.3 Å². The van der Waals surface area contributed by atoms with Crippen LogP contribution in [-0.2, 0) is 4.79 Å². The van der Waals surface area contributed by atoms with Crippen molar-refractivity contribution in [3.63, 3.8) is 0 Å². The zero-order chi connectivity index (χ0) is 15.2. The Bertz CT molecular complexity index is 467. The summed E-state index contributed by atoms with van der Waals surface area (Å²) in [6, 6.07) is 8.26. The summed E-state index contributed by atoms with van der Waals surface area (Å²) in [6.07, 6.45) is 2.01. The van der Waals surface area contributed by atoms with Gasteiger partial charge >= 0.3 is 0 Å². The van der Waals surface area contributed by atoms with Crippen molar-refractivity contribution in [2.75, 3.05) is 26.2 Å². The Kier molecular flexibility index (Phi) is 8.18. The summed E-state index contributed by atoms with van der Waals surface area (Å²) < 4.78 is 0. The number of benzene rings is 1. The number of nitrogens with one attached hydrogen (secondary N) is 1. The number of hydrogen-bond acceptors (Lipinski definition) is 3. The number of nitrogens with two attached hydrogens (primary N) is 1. The predicted molar refractivity (Wildman–Crippen MR) is 93.5 cm³/mol. The summed E-state index contributed by atoms with van der Waals surface area (Å²) >= 11 is 5.94. The summed E-state index contributed by atoms with van der Waals surface area (Å²) in [5.74, 6) is 0.202. The molecule has 0 bridgehead atoms. The molecule has 6 heteroatoms. The third kappa shape index (κ3) is 5.13. The standard InChI is InChI=1S/C16H24ClN3O.ClH/c1-12(13-4-6-15(17)7-5-13)20-10-2-3-14(11-20)16(21)19-9-8-18;/h4-7,12,14H,2-3,8-11,18H2,1H3,(H,19,21);1H. The highest BCUT2D eigenvalue weighted by Crippen LogP contribution is 2.27. The van der Waals surface area contributed by atoms with Gasteiger partial charge in [0.1, 0.15) is 0 Å². The minimum atomic E-state index is 0. The second kappa shape index (κ2) is 9.36. The highest BCUT2D eigenvalue weighted by Gasteiger charge is 2.28. The molecule has 1 aliphatic heterocycles. The molecule has 2 rings (SSSR count). The quantitative estimate of drug-likeness (QED) is 0.862. The van der Waals surface area contributed by atoms with Gasteiger partial charge in [0.15, 0.2) is 0 Å². The van der Waals surface area contributed by atoms with Crippen LogP contribution in [0.1, 0.15) is 31.4 Å². The zero-order valence-corrected chi connectivity index (χ0v) is 14.5. The summed E-state index contributed by atoms with van der Waals surface area (Å²) in [5, 5.41) is 3.65. The van der Waals surface area contributed by atoms with Crippen LogP contribution in [0.15, 0.2) is 24.3 Å². The summed E-state index contributed by atoms with van der Waals surface area (Å²) in [4.78, 5) is 14.5. The molecule has 1 fully saturated rings. The topological polar surface area (TPSA) is 58.4 Å². The molecule has 3 N–H and O–H groups in total. The molecule has 1 aromatic carbocycles. The van der Waals surface area contributed by atoms with Gasteiger partial charge in [0, 0.05) is 30.7 Å². The van der Waals surface area contributed by atoms with Crippen molar-refractivity contribution in [1.29, 1.82) is 0 Å². The molecule has 1 aromatic rings. The minimum absolute atomic E-state index is 0. The Balaban J connectivity index is 0.00000242. The summed E-state index contributed by atoms with van der Waals surface area (Å²) in [7, 11) is 0. The molecule has 0 radical (unpaired) electrons. The lowest BCUT2D eigenvalue weighted by molar-refractivity contribution is -0.126. The molecule has 1 aliphatic rings. The third-order valence-electron chi connectivity index (χ3n) is 4.17. The molecule has 0 saturated carbocycles. The van der Waals surface area contributed by atoms with E-state index in [1.54, 1.807) is 0 Å². The number of hydrogen-bond donors (Lipinski definition) is 2. The molecule has 1 heterocycles. The van der Waals surface area contributed by atoms with Gasteiger partial charge in [-0.25, -0.2) is 0 Å². The van der Waals surface area contributed by atoms with E-state index < -0.39 is 0 Å². The normalized spacial score (nSPS) is 20.0. The maximum atomic E-state index is 12.1. The third-order valence-corrected chi connectivity index (χ3v) is 4.42. The Hall–Kier alpha value is -0.810.